The fourth-order valence-corrected chi connectivity index (χ4v) is 2.59. The molecule has 0 spiro atoms. The number of aryl methyl sites for hydroxylation is 2. The van der Waals surface area contributed by atoms with E-state index in [-0.39, 0.29) is 17.5 Å². The van der Waals surface area contributed by atoms with Crippen LogP contribution in [0, 0.1) is 13.8 Å². The zero-order valence-electron chi connectivity index (χ0n) is 15.9. The summed E-state index contributed by atoms with van der Waals surface area (Å²) in [4.78, 5) is 31.9. The highest BCUT2D eigenvalue weighted by molar-refractivity contribution is 6.03. The van der Waals surface area contributed by atoms with Gasteiger partial charge in [0.25, 0.3) is 5.91 Å². The molecule has 0 radical (unpaired) electrons. The third-order valence-corrected chi connectivity index (χ3v) is 4.12. The summed E-state index contributed by atoms with van der Waals surface area (Å²) in [6, 6.07) is 14.5. The molecule has 0 atom stereocenters. The summed E-state index contributed by atoms with van der Waals surface area (Å²) in [5.74, 6) is 0.00500. The second kappa shape index (κ2) is 8.30. The van der Waals surface area contributed by atoms with Crippen molar-refractivity contribution in [2.75, 3.05) is 16.0 Å². The van der Waals surface area contributed by atoms with Crippen molar-refractivity contribution in [3.05, 3.63) is 71.7 Å². The molecule has 2 amide bonds. The molecule has 3 N–H and O–H groups in total. The smallest absolute Gasteiger partial charge is 0.274 e. The summed E-state index contributed by atoms with van der Waals surface area (Å²) in [7, 11) is 0. The maximum atomic E-state index is 12.5. The summed E-state index contributed by atoms with van der Waals surface area (Å²) in [6.45, 7) is 5.46. The van der Waals surface area contributed by atoms with Crippen LogP contribution in [0.4, 0.5) is 22.9 Å². The van der Waals surface area contributed by atoms with Gasteiger partial charge in [0, 0.05) is 30.1 Å². The van der Waals surface area contributed by atoms with Gasteiger partial charge in [0.15, 0.2) is 0 Å². The molecule has 7 heteroatoms. The summed E-state index contributed by atoms with van der Waals surface area (Å²) >= 11 is 0. The molecule has 7 nitrogen and oxygen atoms in total. The van der Waals surface area contributed by atoms with Crippen LogP contribution in [0.2, 0.25) is 0 Å². The van der Waals surface area contributed by atoms with Gasteiger partial charge in [-0.15, -0.1) is 0 Å². The first-order valence-corrected chi connectivity index (χ1v) is 8.76. The highest BCUT2D eigenvalue weighted by Gasteiger charge is 2.10. The summed E-state index contributed by atoms with van der Waals surface area (Å²) in [6.07, 6.45) is 1.33. The zero-order chi connectivity index (χ0) is 20.1. The fraction of sp³-hybridized carbons (Fsp3) is 0.143. The van der Waals surface area contributed by atoms with Crippen LogP contribution in [-0.4, -0.2) is 21.8 Å². The minimum atomic E-state index is -0.319. The largest absolute Gasteiger partial charge is 0.340 e. The number of nitrogens with zero attached hydrogens (tertiary/aromatic N) is 2. The quantitative estimate of drug-likeness (QED) is 0.625. The SMILES string of the molecule is CC(=O)Nc1cccc(Nc2cc(C(=O)Nc3ccc(C)c(C)c3)ncn2)c1. The van der Waals surface area contributed by atoms with Crippen molar-refractivity contribution in [3.8, 4) is 0 Å². The number of hydrogen-bond donors (Lipinski definition) is 3. The highest BCUT2D eigenvalue weighted by Crippen LogP contribution is 2.20. The van der Waals surface area contributed by atoms with Gasteiger partial charge in [-0.05, 0) is 55.3 Å². The molecule has 0 saturated carbocycles. The van der Waals surface area contributed by atoms with Gasteiger partial charge in [-0.1, -0.05) is 12.1 Å². The van der Waals surface area contributed by atoms with Crippen LogP contribution < -0.4 is 16.0 Å². The first-order chi connectivity index (χ1) is 13.4. The Labute approximate surface area is 163 Å². The molecule has 2 aromatic carbocycles. The average molecular weight is 375 g/mol. The second-order valence-corrected chi connectivity index (χ2v) is 6.43. The Morgan fingerprint density at radius 3 is 2.32 bits per heavy atom. The van der Waals surface area contributed by atoms with Crippen LogP contribution in [0.3, 0.4) is 0 Å². The lowest BCUT2D eigenvalue weighted by atomic mass is 10.1. The van der Waals surface area contributed by atoms with Crippen molar-refractivity contribution in [2.24, 2.45) is 0 Å². The number of benzene rings is 2. The van der Waals surface area contributed by atoms with Crippen LogP contribution in [0.25, 0.3) is 0 Å². The molecule has 0 aliphatic carbocycles. The Kier molecular flexibility index (Phi) is 5.64. The van der Waals surface area contributed by atoms with E-state index in [9.17, 15) is 9.59 Å². The second-order valence-electron chi connectivity index (χ2n) is 6.43. The third kappa shape index (κ3) is 4.91. The highest BCUT2D eigenvalue weighted by atomic mass is 16.2. The van der Waals surface area contributed by atoms with E-state index < -0.39 is 0 Å². The molecule has 0 unspecified atom stereocenters. The van der Waals surface area contributed by atoms with Gasteiger partial charge in [0.1, 0.15) is 17.8 Å². The molecule has 28 heavy (non-hydrogen) atoms. The molecule has 0 saturated heterocycles. The van der Waals surface area contributed by atoms with Gasteiger partial charge in [-0.2, -0.15) is 0 Å². The van der Waals surface area contributed by atoms with E-state index in [1.807, 2.05) is 44.2 Å². The van der Waals surface area contributed by atoms with Crippen molar-refractivity contribution >= 4 is 34.7 Å². The number of amides is 2. The maximum absolute atomic E-state index is 12.5. The van der Waals surface area contributed by atoms with E-state index in [0.29, 0.717) is 17.2 Å². The lowest BCUT2D eigenvalue weighted by Gasteiger charge is -2.10. The van der Waals surface area contributed by atoms with Gasteiger partial charge in [-0.3, -0.25) is 9.59 Å². The molecule has 142 valence electrons. The van der Waals surface area contributed by atoms with Gasteiger partial charge in [0.05, 0.1) is 0 Å². The first kappa shape index (κ1) is 19.0. The first-order valence-electron chi connectivity index (χ1n) is 8.76. The minimum absolute atomic E-state index is 0.149. The number of aromatic nitrogens is 2. The zero-order valence-corrected chi connectivity index (χ0v) is 15.9. The molecule has 0 bridgehead atoms. The molecule has 1 aromatic heterocycles. The van der Waals surface area contributed by atoms with Crippen molar-refractivity contribution in [2.45, 2.75) is 20.8 Å². The molecule has 3 aromatic rings. The molecule has 0 fully saturated rings. The normalized spacial score (nSPS) is 10.2. The average Bonchev–Trinajstić information content (AvgIpc) is 2.65. The predicted octanol–water partition coefficient (Wildman–Crippen LogP) is 4.05. The molecular weight excluding hydrogens is 354 g/mol. The fourth-order valence-electron chi connectivity index (χ4n) is 2.59. The van der Waals surface area contributed by atoms with Crippen molar-refractivity contribution in [3.63, 3.8) is 0 Å². The van der Waals surface area contributed by atoms with E-state index in [0.717, 1.165) is 16.8 Å². The maximum Gasteiger partial charge on any atom is 0.274 e. The summed E-state index contributed by atoms with van der Waals surface area (Å²) in [5.41, 5.74) is 4.61. The minimum Gasteiger partial charge on any atom is -0.340 e. The van der Waals surface area contributed by atoms with E-state index in [4.69, 9.17) is 0 Å². The van der Waals surface area contributed by atoms with E-state index in [1.54, 1.807) is 18.2 Å². The summed E-state index contributed by atoms with van der Waals surface area (Å²) in [5, 5.41) is 8.67. The topological polar surface area (TPSA) is 96.0 Å². The molecule has 3 rings (SSSR count). The lowest BCUT2D eigenvalue weighted by molar-refractivity contribution is -0.114. The van der Waals surface area contributed by atoms with Crippen molar-refractivity contribution in [1.29, 1.82) is 0 Å². The molecule has 0 aliphatic rings. The molecular formula is C21H21N5O2. The summed E-state index contributed by atoms with van der Waals surface area (Å²) < 4.78 is 0. The van der Waals surface area contributed by atoms with Crippen LogP contribution >= 0.6 is 0 Å². The number of carbonyl (C=O) groups is 2. The van der Waals surface area contributed by atoms with Gasteiger partial charge in [-0.25, -0.2) is 9.97 Å². The van der Waals surface area contributed by atoms with E-state index in [1.165, 1.54) is 13.3 Å². The Balaban J connectivity index is 1.73. The number of anilines is 4. The predicted molar refractivity (Wildman–Crippen MR) is 110 cm³/mol. The number of nitrogens with one attached hydrogen (secondary N) is 3. The molecule has 0 aliphatic heterocycles. The number of hydrogen-bond acceptors (Lipinski definition) is 5. The van der Waals surface area contributed by atoms with Crippen molar-refractivity contribution in [1.82, 2.24) is 9.97 Å². The van der Waals surface area contributed by atoms with Crippen LogP contribution in [0.5, 0.6) is 0 Å². The number of rotatable bonds is 5. The standard InChI is InChI=1S/C21H21N5O2/c1-13-7-8-18(9-14(13)2)26-21(28)19-11-20(23-12-22-19)25-17-6-4-5-16(10-17)24-15(3)27/h4-12H,1-3H3,(H,24,27)(H,26,28)(H,22,23,25). The lowest BCUT2D eigenvalue weighted by Crippen LogP contribution is -2.14. The van der Waals surface area contributed by atoms with Crippen LogP contribution in [-0.2, 0) is 4.79 Å². The van der Waals surface area contributed by atoms with E-state index >= 15 is 0 Å². The Morgan fingerprint density at radius 2 is 1.57 bits per heavy atom. The Hall–Kier alpha value is -3.74. The van der Waals surface area contributed by atoms with E-state index in [2.05, 4.69) is 25.9 Å². The van der Waals surface area contributed by atoms with Crippen LogP contribution in [0.15, 0.2) is 54.9 Å². The third-order valence-electron chi connectivity index (χ3n) is 4.12. The van der Waals surface area contributed by atoms with Crippen molar-refractivity contribution < 1.29 is 9.59 Å². The van der Waals surface area contributed by atoms with Gasteiger partial charge >= 0.3 is 0 Å². The van der Waals surface area contributed by atoms with Gasteiger partial charge in [0.2, 0.25) is 5.91 Å². The number of carbonyl (C=O) groups excluding carboxylic acids is 2. The Bertz CT molecular complexity index is 1030. The monoisotopic (exact) mass is 375 g/mol. The van der Waals surface area contributed by atoms with Crippen LogP contribution in [0.1, 0.15) is 28.5 Å². The van der Waals surface area contributed by atoms with Gasteiger partial charge < -0.3 is 16.0 Å². The Morgan fingerprint density at radius 1 is 0.821 bits per heavy atom. The molecule has 1 heterocycles.